The maximum Gasteiger partial charge on any atom is 0.323 e. The minimum Gasteiger partial charge on any atom is -0.306 e. The summed E-state index contributed by atoms with van der Waals surface area (Å²) in [5.41, 5.74) is 0.736. The Morgan fingerprint density at radius 1 is 1.14 bits per heavy atom. The van der Waals surface area contributed by atoms with Crippen molar-refractivity contribution < 1.29 is 8.42 Å². The van der Waals surface area contributed by atoms with Crippen molar-refractivity contribution in [2.45, 2.75) is 38.0 Å². The van der Waals surface area contributed by atoms with E-state index in [0.29, 0.717) is 23.5 Å². The van der Waals surface area contributed by atoms with Gasteiger partial charge in [0, 0.05) is 6.54 Å². The van der Waals surface area contributed by atoms with E-state index >= 15 is 0 Å². The largest absolute Gasteiger partial charge is 0.323 e. The van der Waals surface area contributed by atoms with Crippen molar-refractivity contribution in [3.63, 3.8) is 0 Å². The third-order valence-corrected chi connectivity index (χ3v) is 4.76. The number of hydrogen-bond acceptors (Lipinski definition) is 3. The molecule has 2 rings (SSSR count). The van der Waals surface area contributed by atoms with Gasteiger partial charge in [-0.3, -0.25) is 0 Å². The van der Waals surface area contributed by atoms with Gasteiger partial charge in [0.15, 0.2) is 0 Å². The second kappa shape index (κ2) is 6.44. The Balaban J connectivity index is 2.02. The molecule has 1 heterocycles. The van der Waals surface area contributed by atoms with Gasteiger partial charge >= 0.3 is 5.69 Å². The number of unbranched alkanes of at least 4 members (excludes halogenated alkanes) is 1. The average Bonchev–Trinajstić information content (AvgIpc) is 2.76. The molecule has 1 aromatic carbocycles. The Morgan fingerprint density at radius 2 is 1.86 bits per heavy atom. The van der Waals surface area contributed by atoms with Crippen molar-refractivity contribution in [3.8, 4) is 0 Å². The molecule has 0 aliphatic heterocycles. The summed E-state index contributed by atoms with van der Waals surface area (Å²) in [6.07, 6.45) is 2.92. The van der Waals surface area contributed by atoms with Gasteiger partial charge in [0.05, 0.1) is 15.9 Å². The monoisotopic (exact) mass is 311 g/mol. The number of nitrogens with one attached hydrogen (secondary N) is 3. The van der Waals surface area contributed by atoms with E-state index in [1.54, 1.807) is 6.07 Å². The summed E-state index contributed by atoms with van der Waals surface area (Å²) in [7, 11) is -3.53. The van der Waals surface area contributed by atoms with Crippen molar-refractivity contribution in [1.82, 2.24) is 14.7 Å². The van der Waals surface area contributed by atoms with Crippen LogP contribution in [0.3, 0.4) is 0 Å². The first kappa shape index (κ1) is 15.8. The highest BCUT2D eigenvalue weighted by atomic mass is 32.2. The van der Waals surface area contributed by atoms with Crippen LogP contribution >= 0.6 is 0 Å². The molecule has 6 nitrogen and oxygen atoms in total. The number of rotatable bonds is 7. The van der Waals surface area contributed by atoms with Crippen molar-refractivity contribution in [1.29, 1.82) is 0 Å². The minimum absolute atomic E-state index is 0.161. The van der Waals surface area contributed by atoms with Gasteiger partial charge in [0.2, 0.25) is 10.0 Å². The maximum absolute atomic E-state index is 12.2. The van der Waals surface area contributed by atoms with Gasteiger partial charge in [-0.05, 0) is 30.5 Å². The maximum atomic E-state index is 12.2. The Kier molecular flexibility index (Phi) is 4.84. The second-order valence-corrected chi connectivity index (χ2v) is 7.34. The molecule has 0 aliphatic carbocycles. The van der Waals surface area contributed by atoms with Gasteiger partial charge in [0.1, 0.15) is 0 Å². The molecule has 0 amide bonds. The number of aromatic amines is 2. The number of hydrogen-bond donors (Lipinski definition) is 3. The van der Waals surface area contributed by atoms with E-state index in [1.807, 2.05) is 0 Å². The van der Waals surface area contributed by atoms with E-state index < -0.39 is 10.0 Å². The lowest BCUT2D eigenvalue weighted by molar-refractivity contribution is 0.530. The molecule has 0 saturated heterocycles. The van der Waals surface area contributed by atoms with E-state index in [-0.39, 0.29) is 10.6 Å². The fraction of sp³-hybridized carbons (Fsp3) is 0.500. The molecule has 0 radical (unpaired) electrons. The van der Waals surface area contributed by atoms with Crippen LogP contribution in [0.25, 0.3) is 11.0 Å². The Bertz CT molecular complexity index is 759. The van der Waals surface area contributed by atoms with Crippen molar-refractivity contribution in [3.05, 3.63) is 28.7 Å². The molecule has 0 spiro atoms. The first-order valence-corrected chi connectivity index (χ1v) is 8.58. The van der Waals surface area contributed by atoms with Crippen LogP contribution in [0.1, 0.15) is 33.1 Å². The summed E-state index contributed by atoms with van der Waals surface area (Å²) >= 11 is 0. The van der Waals surface area contributed by atoms with Crippen molar-refractivity contribution >= 4 is 21.1 Å². The molecule has 1 aromatic heterocycles. The van der Waals surface area contributed by atoms with E-state index in [1.165, 1.54) is 12.1 Å². The lowest BCUT2D eigenvalue weighted by Crippen LogP contribution is -2.24. The number of imidazole rings is 1. The Morgan fingerprint density at radius 3 is 2.57 bits per heavy atom. The molecule has 116 valence electrons. The van der Waals surface area contributed by atoms with Crippen LogP contribution in [0.15, 0.2) is 27.9 Å². The van der Waals surface area contributed by atoms with Gasteiger partial charge in [-0.15, -0.1) is 0 Å². The van der Waals surface area contributed by atoms with E-state index in [2.05, 4.69) is 28.5 Å². The Hall–Kier alpha value is -1.60. The van der Waals surface area contributed by atoms with E-state index in [9.17, 15) is 13.2 Å². The first-order chi connectivity index (χ1) is 9.88. The summed E-state index contributed by atoms with van der Waals surface area (Å²) in [6, 6.07) is 4.53. The molecular weight excluding hydrogens is 290 g/mol. The standard InChI is InChI=1S/C14H21N3O3S/c1-10(2)5-3-4-8-15-21(19,20)11-6-7-12-13(9-11)17-14(18)16-12/h6-7,9-10,15H,3-5,8H2,1-2H3,(H2,16,17,18). The summed E-state index contributed by atoms with van der Waals surface area (Å²) in [6.45, 7) is 4.73. The van der Waals surface area contributed by atoms with Crippen LogP contribution in [-0.2, 0) is 10.0 Å². The molecule has 3 N–H and O–H groups in total. The molecule has 21 heavy (non-hydrogen) atoms. The number of benzene rings is 1. The van der Waals surface area contributed by atoms with Crippen LogP contribution in [0.2, 0.25) is 0 Å². The molecule has 0 bridgehead atoms. The predicted molar refractivity (Wildman–Crippen MR) is 82.8 cm³/mol. The molecule has 0 saturated carbocycles. The summed E-state index contributed by atoms with van der Waals surface area (Å²) in [5.74, 6) is 0.634. The molecule has 7 heteroatoms. The first-order valence-electron chi connectivity index (χ1n) is 7.10. The third kappa shape index (κ3) is 4.18. The lowest BCUT2D eigenvalue weighted by Gasteiger charge is -2.07. The quantitative estimate of drug-likeness (QED) is 0.682. The molecule has 0 aliphatic rings. The highest BCUT2D eigenvalue weighted by Crippen LogP contribution is 2.15. The van der Waals surface area contributed by atoms with Crippen LogP contribution in [0.5, 0.6) is 0 Å². The Labute approximate surface area is 124 Å². The molecular formula is C14H21N3O3S. The average molecular weight is 311 g/mol. The molecule has 0 atom stereocenters. The van der Waals surface area contributed by atoms with E-state index in [0.717, 1.165) is 19.3 Å². The lowest BCUT2D eigenvalue weighted by atomic mass is 10.1. The minimum atomic E-state index is -3.53. The highest BCUT2D eigenvalue weighted by Gasteiger charge is 2.14. The zero-order chi connectivity index (χ0) is 15.5. The normalized spacial score (nSPS) is 12.3. The third-order valence-electron chi connectivity index (χ3n) is 3.30. The highest BCUT2D eigenvalue weighted by molar-refractivity contribution is 7.89. The van der Waals surface area contributed by atoms with Crippen LogP contribution in [0.4, 0.5) is 0 Å². The summed E-state index contributed by atoms with van der Waals surface area (Å²) in [4.78, 5) is 16.5. The topological polar surface area (TPSA) is 94.8 Å². The van der Waals surface area contributed by atoms with Gasteiger partial charge in [-0.2, -0.15) is 0 Å². The van der Waals surface area contributed by atoms with Gasteiger partial charge in [-0.1, -0.05) is 26.7 Å². The van der Waals surface area contributed by atoms with Crippen LogP contribution in [-0.4, -0.2) is 24.9 Å². The predicted octanol–water partition coefficient (Wildman–Crippen LogP) is 1.96. The van der Waals surface area contributed by atoms with Crippen molar-refractivity contribution in [2.24, 2.45) is 5.92 Å². The summed E-state index contributed by atoms with van der Waals surface area (Å²) in [5, 5.41) is 0. The number of fused-ring (bicyclic) bond motifs is 1. The zero-order valence-corrected chi connectivity index (χ0v) is 13.1. The van der Waals surface area contributed by atoms with Gasteiger partial charge in [0.25, 0.3) is 0 Å². The molecule has 2 aromatic rings. The van der Waals surface area contributed by atoms with Crippen LogP contribution in [0, 0.1) is 5.92 Å². The molecule has 0 unspecified atom stereocenters. The fourth-order valence-corrected chi connectivity index (χ4v) is 3.25. The number of aromatic nitrogens is 2. The number of H-pyrrole nitrogens is 2. The zero-order valence-electron chi connectivity index (χ0n) is 12.3. The summed E-state index contributed by atoms with van der Waals surface area (Å²) < 4.78 is 26.9. The smallest absolute Gasteiger partial charge is 0.306 e. The van der Waals surface area contributed by atoms with Gasteiger partial charge < -0.3 is 9.97 Å². The fourth-order valence-electron chi connectivity index (χ4n) is 2.15. The SMILES string of the molecule is CC(C)CCCCNS(=O)(=O)c1ccc2[nH]c(=O)[nH]c2c1. The molecule has 0 fully saturated rings. The van der Waals surface area contributed by atoms with Crippen molar-refractivity contribution in [2.75, 3.05) is 6.54 Å². The second-order valence-electron chi connectivity index (χ2n) is 5.57. The van der Waals surface area contributed by atoms with E-state index in [4.69, 9.17) is 0 Å². The van der Waals surface area contributed by atoms with Gasteiger partial charge in [-0.25, -0.2) is 17.9 Å². The number of sulfonamides is 1. The van der Waals surface area contributed by atoms with Crippen LogP contribution < -0.4 is 10.4 Å².